The zero-order chi connectivity index (χ0) is 25.3. The second-order valence-electron chi connectivity index (χ2n) is 8.83. The fourth-order valence-electron chi connectivity index (χ4n) is 3.01. The number of alkyl carbamates (subject to hydrolysis) is 1. The number of hydrogen-bond acceptors (Lipinski definition) is 7. The number of rotatable bonds is 9. The summed E-state index contributed by atoms with van der Waals surface area (Å²) >= 11 is 0. The Labute approximate surface area is 194 Å². The van der Waals surface area contributed by atoms with Gasteiger partial charge in [0.15, 0.2) is 0 Å². The lowest BCUT2D eigenvalue weighted by Gasteiger charge is -2.36. The van der Waals surface area contributed by atoms with Gasteiger partial charge < -0.3 is 30.1 Å². The third kappa shape index (κ3) is 8.72. The molecular formula is C23H35N3O7. The summed E-state index contributed by atoms with van der Waals surface area (Å²) in [6.45, 7) is 9.21. The van der Waals surface area contributed by atoms with E-state index in [-0.39, 0.29) is 6.54 Å². The van der Waals surface area contributed by atoms with E-state index in [0.717, 1.165) is 5.56 Å². The minimum atomic E-state index is -1.34. The van der Waals surface area contributed by atoms with E-state index in [1.807, 2.05) is 6.92 Å². The van der Waals surface area contributed by atoms with Crippen LogP contribution in [0.1, 0.15) is 51.8 Å². The fraction of sp³-hybridized carbons (Fsp3) is 0.565. The predicted octanol–water partition coefficient (Wildman–Crippen LogP) is 1.45. The number of carbonyl (C=O) groups is 4. The summed E-state index contributed by atoms with van der Waals surface area (Å²) in [6.07, 6.45) is -0.874. The molecule has 1 rings (SSSR count). The van der Waals surface area contributed by atoms with Gasteiger partial charge in [-0.1, -0.05) is 29.8 Å². The average Bonchev–Trinajstić information content (AvgIpc) is 2.72. The van der Waals surface area contributed by atoms with Gasteiger partial charge >= 0.3 is 12.1 Å². The molecule has 0 heterocycles. The molecule has 0 aliphatic heterocycles. The topological polar surface area (TPSA) is 134 Å². The van der Waals surface area contributed by atoms with Crippen molar-refractivity contribution in [3.63, 3.8) is 0 Å². The van der Waals surface area contributed by atoms with Crippen LogP contribution in [0.15, 0.2) is 24.3 Å². The molecule has 33 heavy (non-hydrogen) atoms. The predicted molar refractivity (Wildman–Crippen MR) is 121 cm³/mol. The molecule has 0 fully saturated rings. The summed E-state index contributed by atoms with van der Waals surface area (Å²) in [4.78, 5) is 51.6. The fourth-order valence-corrected chi connectivity index (χ4v) is 3.01. The zero-order valence-electron chi connectivity index (χ0n) is 20.3. The first-order valence-electron chi connectivity index (χ1n) is 10.6. The van der Waals surface area contributed by atoms with Gasteiger partial charge in [0.05, 0.1) is 13.7 Å². The summed E-state index contributed by atoms with van der Waals surface area (Å²) < 4.78 is 9.75. The number of ether oxygens (including phenoxy) is 2. The van der Waals surface area contributed by atoms with Crippen molar-refractivity contribution in [3.8, 4) is 0 Å². The highest BCUT2D eigenvalue weighted by Gasteiger charge is 2.37. The van der Waals surface area contributed by atoms with Gasteiger partial charge in [-0.2, -0.15) is 0 Å². The number of aryl methyl sites for hydroxylation is 1. The summed E-state index contributed by atoms with van der Waals surface area (Å²) in [5.74, 6) is -1.94. The SMILES string of the molecule is COC(=O)CNC(=O)C(c1ccc(C)cc1)N(C(=O)C(CO)NC(=O)OC(C)(C)C)C(C)C. The molecule has 0 radical (unpaired) electrons. The van der Waals surface area contributed by atoms with Crippen LogP contribution in [0.4, 0.5) is 4.79 Å². The average molecular weight is 466 g/mol. The van der Waals surface area contributed by atoms with Crippen LogP contribution in [-0.2, 0) is 23.9 Å². The van der Waals surface area contributed by atoms with E-state index in [2.05, 4.69) is 15.4 Å². The molecule has 3 amide bonds. The molecule has 10 heteroatoms. The first kappa shape index (κ1) is 27.9. The van der Waals surface area contributed by atoms with Crippen molar-refractivity contribution < 1.29 is 33.8 Å². The van der Waals surface area contributed by atoms with Crippen molar-refractivity contribution >= 4 is 23.9 Å². The van der Waals surface area contributed by atoms with Crippen LogP contribution in [0.25, 0.3) is 0 Å². The number of methoxy groups -OCH3 is 1. The summed E-state index contributed by atoms with van der Waals surface area (Å²) in [5.41, 5.74) is 0.650. The minimum Gasteiger partial charge on any atom is -0.468 e. The normalized spacial score (nSPS) is 13.0. The van der Waals surface area contributed by atoms with Gasteiger partial charge in [-0.05, 0) is 47.1 Å². The summed E-state index contributed by atoms with van der Waals surface area (Å²) in [7, 11) is 1.20. The Balaban J connectivity index is 3.31. The Bertz CT molecular complexity index is 831. The number of esters is 1. The second-order valence-corrected chi connectivity index (χ2v) is 8.83. The van der Waals surface area contributed by atoms with E-state index in [9.17, 15) is 24.3 Å². The highest BCUT2D eigenvalue weighted by Crippen LogP contribution is 2.25. The number of aliphatic hydroxyl groups is 1. The largest absolute Gasteiger partial charge is 0.468 e. The maximum atomic E-state index is 13.4. The molecule has 0 saturated heterocycles. The molecule has 0 aliphatic carbocycles. The van der Waals surface area contributed by atoms with Crippen LogP contribution in [-0.4, -0.2) is 71.8 Å². The molecule has 1 aromatic rings. The standard InChI is InChI=1S/C23H35N3O7/c1-14(2)26(21(30)17(13-27)25-22(31)33-23(4,5)6)19(16-10-8-15(3)9-11-16)20(29)24-12-18(28)32-7/h8-11,14,17,19,27H,12-13H2,1-7H3,(H,24,29)(H,25,31). The molecule has 2 atom stereocenters. The molecule has 0 saturated carbocycles. The summed E-state index contributed by atoms with van der Waals surface area (Å²) in [6, 6.07) is 4.02. The molecule has 2 unspecified atom stereocenters. The molecule has 0 aromatic heterocycles. The van der Waals surface area contributed by atoms with Gasteiger partial charge in [0.25, 0.3) is 0 Å². The number of nitrogens with zero attached hydrogens (tertiary/aromatic N) is 1. The maximum Gasteiger partial charge on any atom is 0.408 e. The Morgan fingerprint density at radius 1 is 1.09 bits per heavy atom. The highest BCUT2D eigenvalue weighted by atomic mass is 16.6. The second kappa shape index (κ2) is 12.2. The number of aliphatic hydroxyl groups excluding tert-OH is 1. The van der Waals surface area contributed by atoms with Crippen molar-refractivity contribution in [1.29, 1.82) is 0 Å². The highest BCUT2D eigenvalue weighted by molar-refractivity contribution is 5.93. The monoisotopic (exact) mass is 465 g/mol. The van der Waals surface area contributed by atoms with Crippen LogP contribution in [0.3, 0.4) is 0 Å². The number of benzene rings is 1. The lowest BCUT2D eigenvalue weighted by Crippen LogP contribution is -2.56. The van der Waals surface area contributed by atoms with Crippen LogP contribution in [0, 0.1) is 6.92 Å². The molecule has 3 N–H and O–H groups in total. The first-order chi connectivity index (χ1) is 15.3. The van der Waals surface area contributed by atoms with Crippen LogP contribution < -0.4 is 10.6 Å². The van der Waals surface area contributed by atoms with Gasteiger partial charge in [-0.3, -0.25) is 14.4 Å². The first-order valence-corrected chi connectivity index (χ1v) is 10.6. The van der Waals surface area contributed by atoms with E-state index in [0.29, 0.717) is 5.56 Å². The van der Waals surface area contributed by atoms with E-state index >= 15 is 0 Å². The lowest BCUT2D eigenvalue weighted by molar-refractivity contribution is -0.146. The van der Waals surface area contributed by atoms with Crippen molar-refractivity contribution in [2.45, 2.75) is 65.3 Å². The molecule has 0 bridgehead atoms. The van der Waals surface area contributed by atoms with Gasteiger partial charge in [0, 0.05) is 6.04 Å². The number of hydrogen-bond donors (Lipinski definition) is 3. The molecule has 0 aliphatic rings. The maximum absolute atomic E-state index is 13.4. The van der Waals surface area contributed by atoms with Crippen LogP contribution in [0.2, 0.25) is 0 Å². The number of amides is 3. The third-order valence-electron chi connectivity index (χ3n) is 4.54. The minimum absolute atomic E-state index is 0.378. The zero-order valence-corrected chi connectivity index (χ0v) is 20.3. The van der Waals surface area contributed by atoms with Crippen LogP contribution in [0.5, 0.6) is 0 Å². The van der Waals surface area contributed by atoms with E-state index in [1.54, 1.807) is 58.9 Å². The van der Waals surface area contributed by atoms with Gasteiger partial charge in [0.1, 0.15) is 24.2 Å². The Morgan fingerprint density at radius 3 is 2.12 bits per heavy atom. The van der Waals surface area contributed by atoms with Gasteiger partial charge in [-0.15, -0.1) is 0 Å². The smallest absolute Gasteiger partial charge is 0.408 e. The number of carbonyl (C=O) groups excluding carboxylic acids is 4. The van der Waals surface area contributed by atoms with Crippen molar-refractivity contribution in [2.24, 2.45) is 0 Å². The number of nitrogens with one attached hydrogen (secondary N) is 2. The van der Waals surface area contributed by atoms with Crippen molar-refractivity contribution in [1.82, 2.24) is 15.5 Å². The van der Waals surface area contributed by atoms with E-state index in [4.69, 9.17) is 4.74 Å². The van der Waals surface area contributed by atoms with Crippen molar-refractivity contribution in [2.75, 3.05) is 20.3 Å². The molecule has 10 nitrogen and oxygen atoms in total. The Kier molecular flexibility index (Phi) is 10.3. The Hall–Kier alpha value is -3.14. The van der Waals surface area contributed by atoms with Crippen molar-refractivity contribution in [3.05, 3.63) is 35.4 Å². The molecule has 0 spiro atoms. The molecule has 1 aromatic carbocycles. The van der Waals surface area contributed by atoms with Gasteiger partial charge in [-0.25, -0.2) is 4.79 Å². The lowest BCUT2D eigenvalue weighted by atomic mass is 10.00. The van der Waals surface area contributed by atoms with E-state index < -0.39 is 54.2 Å². The molecular weight excluding hydrogens is 430 g/mol. The quantitative estimate of drug-likeness (QED) is 0.470. The van der Waals surface area contributed by atoms with E-state index in [1.165, 1.54) is 12.0 Å². The Morgan fingerprint density at radius 2 is 1.67 bits per heavy atom. The van der Waals surface area contributed by atoms with Crippen LogP contribution >= 0.6 is 0 Å². The summed E-state index contributed by atoms with van der Waals surface area (Å²) in [5, 5.41) is 14.7. The molecule has 184 valence electrons. The van der Waals surface area contributed by atoms with Gasteiger partial charge in [0.2, 0.25) is 11.8 Å². The third-order valence-corrected chi connectivity index (χ3v) is 4.54.